The number of benzene rings is 3. The predicted molar refractivity (Wildman–Crippen MR) is 118 cm³/mol. The van der Waals surface area contributed by atoms with E-state index in [2.05, 4.69) is 22.2 Å². The summed E-state index contributed by atoms with van der Waals surface area (Å²) in [7, 11) is -4.05. The van der Waals surface area contributed by atoms with Crippen LogP contribution in [0.5, 0.6) is 0 Å². The molecule has 1 saturated carbocycles. The van der Waals surface area contributed by atoms with Crippen LogP contribution >= 0.6 is 0 Å². The number of rotatable bonds is 7. The molecule has 5 nitrogen and oxygen atoms in total. The minimum atomic E-state index is -4.05. The molecule has 1 amide bonds. The van der Waals surface area contributed by atoms with Crippen molar-refractivity contribution in [2.45, 2.75) is 30.1 Å². The maximum Gasteiger partial charge on any atom is 0.262 e. The lowest BCUT2D eigenvalue weighted by Crippen LogP contribution is -2.32. The van der Waals surface area contributed by atoms with Crippen molar-refractivity contribution >= 4 is 21.6 Å². The maximum absolute atomic E-state index is 13.9. The maximum atomic E-state index is 13.9. The highest BCUT2D eigenvalue weighted by Crippen LogP contribution is 2.47. The molecule has 2 N–H and O–H groups in total. The van der Waals surface area contributed by atoms with Crippen molar-refractivity contribution < 1.29 is 17.6 Å². The van der Waals surface area contributed by atoms with Crippen molar-refractivity contribution in [3.05, 3.63) is 95.3 Å². The van der Waals surface area contributed by atoms with E-state index in [0.717, 1.165) is 12.8 Å². The summed E-state index contributed by atoms with van der Waals surface area (Å²) >= 11 is 0. The number of nitrogens with one attached hydrogen (secondary N) is 2. The van der Waals surface area contributed by atoms with Crippen LogP contribution in [0.1, 0.15) is 34.3 Å². The zero-order chi connectivity index (χ0) is 22.1. The van der Waals surface area contributed by atoms with Gasteiger partial charge in [0.25, 0.3) is 15.9 Å². The molecule has 4 rings (SSSR count). The number of anilines is 1. The van der Waals surface area contributed by atoms with Crippen LogP contribution in [0.2, 0.25) is 0 Å². The smallest absolute Gasteiger partial charge is 0.262 e. The molecule has 1 fully saturated rings. The molecule has 1 aliphatic rings. The van der Waals surface area contributed by atoms with Crippen LogP contribution in [0, 0.1) is 12.7 Å². The summed E-state index contributed by atoms with van der Waals surface area (Å²) in [5, 5.41) is 2.96. The van der Waals surface area contributed by atoms with Gasteiger partial charge in [0, 0.05) is 17.5 Å². The van der Waals surface area contributed by atoms with Gasteiger partial charge in [-0.3, -0.25) is 9.52 Å². The lowest BCUT2D eigenvalue weighted by molar-refractivity contribution is 0.0949. The van der Waals surface area contributed by atoms with E-state index < -0.39 is 15.8 Å². The normalized spacial score (nSPS) is 14.6. The molecule has 0 radical (unpaired) electrons. The van der Waals surface area contributed by atoms with E-state index in [4.69, 9.17) is 0 Å². The molecule has 0 heterocycles. The second-order valence-corrected chi connectivity index (χ2v) is 9.57. The van der Waals surface area contributed by atoms with E-state index in [9.17, 15) is 17.6 Å². The number of hydrogen-bond acceptors (Lipinski definition) is 3. The highest BCUT2D eigenvalue weighted by Gasteiger charge is 2.44. The third-order valence-corrected chi connectivity index (χ3v) is 7.07. The van der Waals surface area contributed by atoms with Crippen molar-refractivity contribution in [1.82, 2.24) is 5.32 Å². The average molecular weight is 439 g/mol. The number of amides is 1. The van der Waals surface area contributed by atoms with Crippen molar-refractivity contribution in [2.75, 3.05) is 11.3 Å². The van der Waals surface area contributed by atoms with Gasteiger partial charge in [-0.05, 0) is 55.2 Å². The number of aryl methyl sites for hydroxylation is 1. The zero-order valence-electron chi connectivity index (χ0n) is 17.1. The van der Waals surface area contributed by atoms with E-state index in [0.29, 0.717) is 12.1 Å². The Morgan fingerprint density at radius 1 is 1.00 bits per heavy atom. The van der Waals surface area contributed by atoms with Crippen LogP contribution in [-0.2, 0) is 15.4 Å². The fraction of sp³-hybridized carbons (Fsp3) is 0.208. The van der Waals surface area contributed by atoms with Crippen molar-refractivity contribution in [1.29, 1.82) is 0 Å². The Morgan fingerprint density at radius 2 is 1.68 bits per heavy atom. The topological polar surface area (TPSA) is 75.3 Å². The monoisotopic (exact) mass is 438 g/mol. The molecular formula is C24H23FN2O3S. The summed E-state index contributed by atoms with van der Waals surface area (Å²) < 4.78 is 41.6. The molecule has 0 atom stereocenters. The van der Waals surface area contributed by atoms with Crippen LogP contribution in [-0.4, -0.2) is 20.9 Å². The molecule has 3 aromatic rings. The second-order valence-electron chi connectivity index (χ2n) is 7.89. The third kappa shape index (κ3) is 4.46. The summed E-state index contributed by atoms with van der Waals surface area (Å²) in [4.78, 5) is 12.8. The second kappa shape index (κ2) is 8.15. The lowest BCUT2D eigenvalue weighted by atomic mass is 9.96. The fourth-order valence-electron chi connectivity index (χ4n) is 3.62. The first kappa shape index (κ1) is 21.1. The van der Waals surface area contributed by atoms with Crippen molar-refractivity contribution in [2.24, 2.45) is 0 Å². The Balaban J connectivity index is 1.52. The van der Waals surface area contributed by atoms with Crippen LogP contribution in [0.3, 0.4) is 0 Å². The summed E-state index contributed by atoms with van der Waals surface area (Å²) in [6.45, 7) is 2.24. The Labute approximate surface area is 181 Å². The summed E-state index contributed by atoms with van der Waals surface area (Å²) in [5.74, 6) is -1.01. The first-order chi connectivity index (χ1) is 14.8. The largest absolute Gasteiger partial charge is 0.351 e. The number of sulfonamides is 1. The predicted octanol–water partition coefficient (Wildman–Crippen LogP) is 4.40. The number of hydrogen-bond donors (Lipinski definition) is 2. The molecule has 0 saturated heterocycles. The van der Waals surface area contributed by atoms with Crippen LogP contribution < -0.4 is 10.0 Å². The van der Waals surface area contributed by atoms with E-state index in [1.807, 2.05) is 18.2 Å². The lowest BCUT2D eigenvalue weighted by Gasteiger charge is -2.17. The van der Waals surface area contributed by atoms with Crippen LogP contribution in [0.15, 0.2) is 77.7 Å². The summed E-state index contributed by atoms with van der Waals surface area (Å²) in [5.41, 5.74) is 1.93. The quantitative estimate of drug-likeness (QED) is 0.574. The minimum absolute atomic E-state index is 0.0547. The number of para-hydroxylation sites is 1. The van der Waals surface area contributed by atoms with Gasteiger partial charge in [0.1, 0.15) is 5.82 Å². The van der Waals surface area contributed by atoms with E-state index >= 15 is 0 Å². The van der Waals surface area contributed by atoms with Gasteiger partial charge in [0.05, 0.1) is 10.6 Å². The molecule has 160 valence electrons. The third-order valence-electron chi connectivity index (χ3n) is 5.71. The van der Waals surface area contributed by atoms with Gasteiger partial charge in [0.2, 0.25) is 0 Å². The van der Waals surface area contributed by atoms with Crippen molar-refractivity contribution in [3.63, 3.8) is 0 Å². The Hall–Kier alpha value is -3.19. The van der Waals surface area contributed by atoms with Gasteiger partial charge >= 0.3 is 0 Å². The van der Waals surface area contributed by atoms with Gasteiger partial charge in [-0.15, -0.1) is 0 Å². The van der Waals surface area contributed by atoms with Gasteiger partial charge in [-0.1, -0.05) is 48.5 Å². The minimum Gasteiger partial charge on any atom is -0.351 e. The first-order valence-electron chi connectivity index (χ1n) is 10.0. The Morgan fingerprint density at radius 3 is 2.35 bits per heavy atom. The van der Waals surface area contributed by atoms with Gasteiger partial charge in [0.15, 0.2) is 0 Å². The van der Waals surface area contributed by atoms with E-state index in [1.165, 1.54) is 42.0 Å². The number of carbonyl (C=O) groups excluding carboxylic acids is 1. The molecule has 0 bridgehead atoms. The average Bonchev–Trinajstić information content (AvgIpc) is 3.56. The zero-order valence-corrected chi connectivity index (χ0v) is 17.9. The molecule has 7 heteroatoms. The highest BCUT2D eigenvalue weighted by atomic mass is 32.2. The van der Waals surface area contributed by atoms with Gasteiger partial charge in [-0.25, -0.2) is 12.8 Å². The molecular weight excluding hydrogens is 415 g/mol. The molecule has 1 aliphatic carbocycles. The standard InChI is InChI=1S/C24H23FN2O3S/c1-17-11-12-19(31(29,30)27-22-10-6-5-9-21(22)25)15-20(17)23(28)26-16-24(13-14-24)18-7-3-2-4-8-18/h2-12,15,27H,13-14,16H2,1H3,(H,26,28). The fourth-order valence-corrected chi connectivity index (χ4v) is 4.71. The Kier molecular flexibility index (Phi) is 5.54. The highest BCUT2D eigenvalue weighted by molar-refractivity contribution is 7.92. The molecule has 0 unspecified atom stereocenters. The molecule has 3 aromatic carbocycles. The van der Waals surface area contributed by atoms with Crippen LogP contribution in [0.4, 0.5) is 10.1 Å². The first-order valence-corrected chi connectivity index (χ1v) is 11.5. The SMILES string of the molecule is Cc1ccc(S(=O)(=O)Nc2ccccc2F)cc1C(=O)NCC1(c2ccccc2)CC1. The van der Waals surface area contributed by atoms with Crippen LogP contribution in [0.25, 0.3) is 0 Å². The van der Waals surface area contributed by atoms with Crippen molar-refractivity contribution in [3.8, 4) is 0 Å². The summed E-state index contributed by atoms with van der Waals surface area (Å²) in [6, 6.07) is 19.9. The Bertz CT molecular complexity index is 1220. The molecule has 0 aliphatic heterocycles. The molecule has 0 spiro atoms. The molecule has 0 aromatic heterocycles. The van der Waals surface area contributed by atoms with E-state index in [1.54, 1.807) is 13.0 Å². The van der Waals surface area contributed by atoms with Gasteiger partial charge in [-0.2, -0.15) is 0 Å². The molecule has 31 heavy (non-hydrogen) atoms. The van der Waals surface area contributed by atoms with Gasteiger partial charge < -0.3 is 5.32 Å². The summed E-state index contributed by atoms with van der Waals surface area (Å²) in [6.07, 6.45) is 1.99. The number of carbonyl (C=O) groups is 1. The number of halogens is 1. The van der Waals surface area contributed by atoms with E-state index in [-0.39, 0.29) is 27.5 Å².